The van der Waals surface area contributed by atoms with E-state index in [9.17, 15) is 4.79 Å². The Labute approximate surface area is 99.6 Å². The van der Waals surface area contributed by atoms with Gasteiger partial charge < -0.3 is 10.2 Å². The highest BCUT2D eigenvalue weighted by Gasteiger charge is 2.32. The molecule has 0 aromatic carbocycles. The van der Waals surface area contributed by atoms with Crippen LogP contribution in [0.5, 0.6) is 0 Å². The van der Waals surface area contributed by atoms with Crippen LogP contribution in [-0.4, -0.2) is 36.5 Å². The van der Waals surface area contributed by atoms with Crippen molar-refractivity contribution in [2.24, 2.45) is 11.8 Å². The van der Waals surface area contributed by atoms with Gasteiger partial charge in [0, 0.05) is 19.6 Å². The fourth-order valence-electron chi connectivity index (χ4n) is 2.25. The van der Waals surface area contributed by atoms with Gasteiger partial charge in [-0.2, -0.15) is 0 Å². The highest BCUT2D eigenvalue weighted by Crippen LogP contribution is 2.33. The molecule has 0 radical (unpaired) electrons. The third-order valence-electron chi connectivity index (χ3n) is 3.82. The molecule has 1 atom stereocenters. The molecule has 0 aromatic heterocycles. The first-order chi connectivity index (χ1) is 7.45. The molecular weight excluding hydrogens is 200 g/mol. The van der Waals surface area contributed by atoms with E-state index in [1.54, 1.807) is 4.90 Å². The lowest BCUT2D eigenvalue weighted by Gasteiger charge is -2.40. The summed E-state index contributed by atoms with van der Waals surface area (Å²) < 4.78 is 0. The highest BCUT2D eigenvalue weighted by atomic mass is 16.2. The molecule has 1 fully saturated rings. The van der Waals surface area contributed by atoms with E-state index in [1.807, 2.05) is 20.9 Å². The second-order valence-corrected chi connectivity index (χ2v) is 5.41. The lowest BCUT2D eigenvalue weighted by atomic mass is 9.73. The molecular formula is C13H26N2O. The van der Waals surface area contributed by atoms with Crippen LogP contribution in [0.4, 0.5) is 0 Å². The molecule has 3 heteroatoms. The molecule has 1 unspecified atom stereocenters. The van der Waals surface area contributed by atoms with Crippen LogP contribution >= 0.6 is 0 Å². The molecule has 0 aromatic rings. The van der Waals surface area contributed by atoms with Crippen LogP contribution in [-0.2, 0) is 4.79 Å². The van der Waals surface area contributed by atoms with Gasteiger partial charge in [0.25, 0.3) is 0 Å². The van der Waals surface area contributed by atoms with E-state index in [0.717, 1.165) is 18.4 Å². The van der Waals surface area contributed by atoms with E-state index in [4.69, 9.17) is 0 Å². The van der Waals surface area contributed by atoms with Crippen molar-refractivity contribution in [1.29, 1.82) is 0 Å². The third-order valence-corrected chi connectivity index (χ3v) is 3.82. The Bertz CT molecular complexity index is 234. The fourth-order valence-corrected chi connectivity index (χ4v) is 2.25. The van der Waals surface area contributed by atoms with Crippen LogP contribution in [0.15, 0.2) is 0 Å². The van der Waals surface area contributed by atoms with E-state index in [-0.39, 0.29) is 11.9 Å². The molecule has 0 saturated heterocycles. The van der Waals surface area contributed by atoms with Crippen LogP contribution in [0.2, 0.25) is 0 Å². The van der Waals surface area contributed by atoms with Crippen molar-refractivity contribution < 1.29 is 4.79 Å². The smallest absolute Gasteiger partial charge is 0.239 e. The standard InChI is InChI=1S/C13H26N2O/c1-6-15(5)13(16)10(4)14-12-7-11(8-12)9(2)3/h9-12,14H,6-8H2,1-5H3. The van der Waals surface area contributed by atoms with Crippen LogP contribution in [0.1, 0.15) is 40.5 Å². The quantitative estimate of drug-likeness (QED) is 0.776. The Hall–Kier alpha value is -0.570. The van der Waals surface area contributed by atoms with Gasteiger partial charge in [0.1, 0.15) is 0 Å². The second kappa shape index (κ2) is 5.67. The van der Waals surface area contributed by atoms with Crippen LogP contribution in [0.3, 0.4) is 0 Å². The van der Waals surface area contributed by atoms with Gasteiger partial charge in [-0.3, -0.25) is 4.79 Å². The predicted octanol–water partition coefficient (Wildman–Crippen LogP) is 1.88. The van der Waals surface area contributed by atoms with E-state index >= 15 is 0 Å². The second-order valence-electron chi connectivity index (χ2n) is 5.41. The van der Waals surface area contributed by atoms with Gasteiger partial charge in [-0.05, 0) is 38.5 Å². The zero-order valence-electron chi connectivity index (χ0n) is 11.3. The molecule has 1 N–H and O–H groups in total. The molecule has 0 heterocycles. The minimum Gasteiger partial charge on any atom is -0.345 e. The first-order valence-electron chi connectivity index (χ1n) is 6.46. The van der Waals surface area contributed by atoms with Crippen molar-refractivity contribution in [3.63, 3.8) is 0 Å². The summed E-state index contributed by atoms with van der Waals surface area (Å²) in [7, 11) is 1.86. The topological polar surface area (TPSA) is 32.3 Å². The minimum atomic E-state index is -0.0388. The fraction of sp³-hybridized carbons (Fsp3) is 0.923. The Morgan fingerprint density at radius 1 is 1.38 bits per heavy atom. The van der Waals surface area contributed by atoms with Gasteiger partial charge in [0.05, 0.1) is 6.04 Å². The monoisotopic (exact) mass is 226 g/mol. The molecule has 1 rings (SSSR count). The summed E-state index contributed by atoms with van der Waals surface area (Å²) in [4.78, 5) is 13.6. The highest BCUT2D eigenvalue weighted by molar-refractivity contribution is 5.81. The summed E-state index contributed by atoms with van der Waals surface area (Å²) in [6.07, 6.45) is 2.45. The Morgan fingerprint density at radius 2 is 1.94 bits per heavy atom. The summed E-state index contributed by atoms with van der Waals surface area (Å²) >= 11 is 0. The molecule has 3 nitrogen and oxygen atoms in total. The molecule has 0 bridgehead atoms. The summed E-state index contributed by atoms with van der Waals surface area (Å²) in [5.74, 6) is 1.83. The van der Waals surface area contributed by atoms with Gasteiger partial charge in [0.15, 0.2) is 0 Å². The van der Waals surface area contributed by atoms with Crippen LogP contribution < -0.4 is 5.32 Å². The average molecular weight is 226 g/mol. The number of carbonyl (C=O) groups is 1. The zero-order chi connectivity index (χ0) is 12.3. The van der Waals surface area contributed by atoms with E-state index in [2.05, 4.69) is 19.2 Å². The number of hydrogen-bond acceptors (Lipinski definition) is 2. The molecule has 0 aliphatic heterocycles. The van der Waals surface area contributed by atoms with Gasteiger partial charge in [-0.15, -0.1) is 0 Å². The summed E-state index contributed by atoms with van der Waals surface area (Å²) in [6.45, 7) is 9.31. The van der Waals surface area contributed by atoms with Crippen LogP contribution in [0, 0.1) is 11.8 Å². The Kier molecular flexibility index (Phi) is 4.78. The lowest BCUT2D eigenvalue weighted by molar-refractivity contribution is -0.132. The summed E-state index contributed by atoms with van der Waals surface area (Å²) in [5, 5.41) is 3.42. The predicted molar refractivity (Wildman–Crippen MR) is 67.3 cm³/mol. The summed E-state index contributed by atoms with van der Waals surface area (Å²) in [6, 6.07) is 0.514. The first-order valence-corrected chi connectivity index (χ1v) is 6.46. The zero-order valence-corrected chi connectivity index (χ0v) is 11.3. The molecule has 1 aliphatic rings. The maximum Gasteiger partial charge on any atom is 0.239 e. The lowest BCUT2D eigenvalue weighted by Crippen LogP contribution is -2.52. The van der Waals surface area contributed by atoms with Gasteiger partial charge >= 0.3 is 0 Å². The third kappa shape index (κ3) is 3.21. The average Bonchev–Trinajstić information content (AvgIpc) is 2.19. The van der Waals surface area contributed by atoms with E-state index in [0.29, 0.717) is 6.04 Å². The molecule has 0 spiro atoms. The molecule has 16 heavy (non-hydrogen) atoms. The maximum absolute atomic E-state index is 11.8. The number of hydrogen-bond donors (Lipinski definition) is 1. The first kappa shape index (κ1) is 13.5. The number of nitrogens with one attached hydrogen (secondary N) is 1. The van der Waals surface area contributed by atoms with Gasteiger partial charge in [-0.1, -0.05) is 13.8 Å². The molecule has 94 valence electrons. The van der Waals surface area contributed by atoms with Gasteiger partial charge in [0.2, 0.25) is 5.91 Å². The maximum atomic E-state index is 11.8. The van der Waals surface area contributed by atoms with Crippen LogP contribution in [0.25, 0.3) is 0 Å². The van der Waals surface area contributed by atoms with Crippen molar-refractivity contribution in [3.05, 3.63) is 0 Å². The minimum absolute atomic E-state index is 0.0388. The van der Waals surface area contributed by atoms with Gasteiger partial charge in [-0.25, -0.2) is 0 Å². The van der Waals surface area contributed by atoms with E-state index in [1.165, 1.54) is 12.8 Å². The molecule has 1 amide bonds. The van der Waals surface area contributed by atoms with Crippen molar-refractivity contribution in [3.8, 4) is 0 Å². The normalized spacial score (nSPS) is 26.4. The number of amides is 1. The Morgan fingerprint density at radius 3 is 2.38 bits per heavy atom. The molecule has 1 saturated carbocycles. The number of nitrogens with zero attached hydrogens (tertiary/aromatic N) is 1. The van der Waals surface area contributed by atoms with E-state index < -0.39 is 0 Å². The van der Waals surface area contributed by atoms with Crippen molar-refractivity contribution in [1.82, 2.24) is 10.2 Å². The SMILES string of the molecule is CCN(C)C(=O)C(C)NC1CC(C(C)C)C1. The Balaban J connectivity index is 2.26. The number of carbonyl (C=O) groups excluding carboxylic acids is 1. The van der Waals surface area contributed by atoms with Crippen molar-refractivity contribution >= 4 is 5.91 Å². The number of rotatable bonds is 5. The van der Waals surface area contributed by atoms with Crippen molar-refractivity contribution in [2.75, 3.05) is 13.6 Å². The molecule has 1 aliphatic carbocycles. The van der Waals surface area contributed by atoms with Crippen molar-refractivity contribution in [2.45, 2.75) is 52.6 Å². The summed E-state index contributed by atoms with van der Waals surface area (Å²) in [5.41, 5.74) is 0. The largest absolute Gasteiger partial charge is 0.345 e. The number of likely N-dealkylation sites (N-methyl/N-ethyl adjacent to an activating group) is 1.